The summed E-state index contributed by atoms with van der Waals surface area (Å²) in [7, 11) is 0. The van der Waals surface area contributed by atoms with Crippen molar-refractivity contribution in [2.75, 3.05) is 6.54 Å². The maximum atomic E-state index is 14.1. The Balaban J connectivity index is 1.39. The molecule has 5 atom stereocenters. The minimum Gasteiger partial charge on any atom is -0.481 e. The van der Waals surface area contributed by atoms with E-state index in [0.717, 1.165) is 44.9 Å². The number of hydrogen-bond acceptors (Lipinski definition) is 3. The van der Waals surface area contributed by atoms with E-state index in [1.54, 1.807) is 0 Å². The summed E-state index contributed by atoms with van der Waals surface area (Å²) >= 11 is 3.55. The molecule has 0 spiro atoms. The van der Waals surface area contributed by atoms with Gasteiger partial charge in [0.2, 0.25) is 0 Å². The number of carboxylic acids is 1. The standard InChI is InChI=1S/C31H27BrN2O3/c32-20-10-11-25-22(15-20)18(16-33-25)14-26(35)27-28-30(19-6-2-1-3-7-19)13-12-24(21-8-4-5-9-23(21)30)31(28,17-34-27)29(36)37/h1-11,15-16,24,27-28,33-34H,12-14,17H2,(H,36,37). The van der Waals surface area contributed by atoms with Crippen molar-refractivity contribution in [1.29, 1.82) is 0 Å². The van der Waals surface area contributed by atoms with Crippen LogP contribution in [0.5, 0.6) is 0 Å². The van der Waals surface area contributed by atoms with Gasteiger partial charge in [-0.15, -0.1) is 0 Å². The van der Waals surface area contributed by atoms with Crippen molar-refractivity contribution in [1.82, 2.24) is 10.3 Å². The van der Waals surface area contributed by atoms with E-state index in [2.05, 4.69) is 56.6 Å². The number of aromatic nitrogens is 1. The van der Waals surface area contributed by atoms with E-state index >= 15 is 0 Å². The second-order valence-electron chi connectivity index (χ2n) is 10.8. The van der Waals surface area contributed by atoms with Crippen LogP contribution in [-0.2, 0) is 21.4 Å². The minimum absolute atomic E-state index is 0.0503. The molecule has 3 N–H and O–H groups in total. The fourth-order valence-corrected chi connectivity index (χ4v) is 8.42. The number of H-pyrrole nitrogens is 1. The molecule has 1 aromatic heterocycles. The van der Waals surface area contributed by atoms with Crippen LogP contribution < -0.4 is 5.32 Å². The largest absolute Gasteiger partial charge is 0.481 e. The van der Waals surface area contributed by atoms with Crippen LogP contribution in [0, 0.1) is 11.3 Å². The molecule has 2 fully saturated rings. The molecule has 1 saturated carbocycles. The molecule has 37 heavy (non-hydrogen) atoms. The van der Waals surface area contributed by atoms with Gasteiger partial charge in [-0.1, -0.05) is 70.5 Å². The first kappa shape index (κ1) is 22.9. The molecule has 4 aromatic rings. The predicted molar refractivity (Wildman–Crippen MR) is 146 cm³/mol. The zero-order valence-corrected chi connectivity index (χ0v) is 21.8. The summed E-state index contributed by atoms with van der Waals surface area (Å²) in [5.74, 6) is -1.24. The molecule has 2 bridgehead atoms. The Morgan fingerprint density at radius 3 is 2.62 bits per heavy atom. The van der Waals surface area contributed by atoms with Gasteiger partial charge < -0.3 is 15.4 Å². The fraction of sp³-hybridized carbons (Fsp3) is 0.290. The van der Waals surface area contributed by atoms with Crippen LogP contribution in [0.1, 0.15) is 41.0 Å². The molecule has 186 valence electrons. The van der Waals surface area contributed by atoms with E-state index in [0.29, 0.717) is 6.54 Å². The smallest absolute Gasteiger partial charge is 0.311 e. The summed E-state index contributed by atoms with van der Waals surface area (Å²) in [6.45, 7) is 0.302. The van der Waals surface area contributed by atoms with E-state index < -0.39 is 22.8 Å². The second kappa shape index (κ2) is 8.14. The van der Waals surface area contributed by atoms with Gasteiger partial charge >= 0.3 is 5.97 Å². The van der Waals surface area contributed by atoms with Crippen molar-refractivity contribution in [3.8, 4) is 0 Å². The Morgan fingerprint density at radius 1 is 1.03 bits per heavy atom. The molecule has 0 amide bonds. The Morgan fingerprint density at radius 2 is 1.81 bits per heavy atom. The molecule has 5 unspecified atom stereocenters. The Labute approximate surface area is 223 Å². The Kier molecular flexibility index (Phi) is 5.05. The number of Topliss-reactive ketones (excluding diaryl/α,β-unsaturated/α-hetero) is 1. The van der Waals surface area contributed by atoms with Crippen LogP contribution in [0.4, 0.5) is 0 Å². The number of aromatic amines is 1. The number of benzene rings is 3. The summed E-state index contributed by atoms with van der Waals surface area (Å²) in [6, 6.07) is 24.1. The Bertz CT molecular complexity index is 1560. The molecule has 3 aromatic carbocycles. The van der Waals surface area contributed by atoms with Crippen molar-refractivity contribution in [2.24, 2.45) is 11.3 Å². The third-order valence-corrected chi connectivity index (χ3v) is 9.92. The summed E-state index contributed by atoms with van der Waals surface area (Å²) < 4.78 is 0.960. The summed E-state index contributed by atoms with van der Waals surface area (Å²) in [4.78, 5) is 30.7. The predicted octanol–water partition coefficient (Wildman–Crippen LogP) is 5.58. The Hall–Kier alpha value is -3.22. The summed E-state index contributed by atoms with van der Waals surface area (Å²) in [5.41, 5.74) is 3.77. The number of carbonyl (C=O) groups excluding carboxylic acids is 1. The lowest BCUT2D eigenvalue weighted by molar-refractivity contribution is -0.158. The van der Waals surface area contributed by atoms with E-state index in [1.165, 1.54) is 5.56 Å². The molecule has 1 aliphatic heterocycles. The fourth-order valence-electron chi connectivity index (χ4n) is 8.06. The van der Waals surface area contributed by atoms with Gasteiger partial charge in [-0.2, -0.15) is 0 Å². The number of halogens is 1. The van der Waals surface area contributed by atoms with Crippen LogP contribution in [0.2, 0.25) is 0 Å². The lowest BCUT2D eigenvalue weighted by atomic mass is 9.41. The van der Waals surface area contributed by atoms with Crippen LogP contribution >= 0.6 is 15.9 Å². The highest BCUT2D eigenvalue weighted by Crippen LogP contribution is 2.69. The lowest BCUT2D eigenvalue weighted by Crippen LogP contribution is -2.62. The molecular formula is C31H27BrN2O3. The highest BCUT2D eigenvalue weighted by Gasteiger charge is 2.72. The van der Waals surface area contributed by atoms with Crippen LogP contribution in [0.3, 0.4) is 0 Å². The highest BCUT2D eigenvalue weighted by atomic mass is 79.9. The quantitative estimate of drug-likeness (QED) is 0.301. The van der Waals surface area contributed by atoms with Gasteiger partial charge in [0, 0.05) is 51.8 Å². The van der Waals surface area contributed by atoms with E-state index in [-0.39, 0.29) is 24.0 Å². The number of aliphatic carboxylic acids is 1. The second-order valence-corrected chi connectivity index (χ2v) is 11.8. The van der Waals surface area contributed by atoms with Crippen molar-refractivity contribution in [2.45, 2.75) is 36.6 Å². The molecule has 4 aliphatic rings. The van der Waals surface area contributed by atoms with Gasteiger partial charge in [-0.3, -0.25) is 9.59 Å². The topological polar surface area (TPSA) is 82.2 Å². The number of rotatable bonds is 5. The molecule has 6 heteroatoms. The molecule has 0 radical (unpaired) electrons. The average molecular weight is 555 g/mol. The van der Waals surface area contributed by atoms with Gasteiger partial charge in [0.1, 0.15) is 0 Å². The number of hydrogen-bond donors (Lipinski definition) is 3. The number of carbonyl (C=O) groups is 2. The first-order valence-corrected chi connectivity index (χ1v) is 13.7. The van der Waals surface area contributed by atoms with Gasteiger partial charge in [0.15, 0.2) is 5.78 Å². The van der Waals surface area contributed by atoms with Gasteiger partial charge in [-0.25, -0.2) is 0 Å². The maximum Gasteiger partial charge on any atom is 0.311 e. The van der Waals surface area contributed by atoms with Crippen LogP contribution in [0.25, 0.3) is 10.9 Å². The summed E-state index contributed by atoms with van der Waals surface area (Å²) in [5, 5.41) is 15.4. The SMILES string of the molecule is O=C(Cc1c[nH]c2ccc(Br)cc12)C1NCC2(C(=O)O)C3CCC(c4ccccc4)(c4ccccc43)C12. The van der Waals surface area contributed by atoms with Crippen molar-refractivity contribution in [3.05, 3.63) is 106 Å². The number of fused-ring (bicyclic) bond motifs is 2. The van der Waals surface area contributed by atoms with Crippen molar-refractivity contribution < 1.29 is 14.7 Å². The molecule has 8 rings (SSSR count). The van der Waals surface area contributed by atoms with E-state index in [1.807, 2.05) is 48.7 Å². The zero-order valence-electron chi connectivity index (χ0n) is 20.2. The van der Waals surface area contributed by atoms with Crippen molar-refractivity contribution in [3.63, 3.8) is 0 Å². The molecule has 1 saturated heterocycles. The van der Waals surface area contributed by atoms with E-state index in [4.69, 9.17) is 0 Å². The van der Waals surface area contributed by atoms with Gasteiger partial charge in [0.25, 0.3) is 0 Å². The van der Waals surface area contributed by atoms with Gasteiger partial charge in [0.05, 0.1) is 11.5 Å². The van der Waals surface area contributed by atoms with E-state index in [9.17, 15) is 14.7 Å². The van der Waals surface area contributed by atoms with Crippen molar-refractivity contribution >= 4 is 38.6 Å². The van der Waals surface area contributed by atoms with Crippen LogP contribution in [0.15, 0.2) is 83.5 Å². The zero-order chi connectivity index (χ0) is 25.4. The lowest BCUT2D eigenvalue weighted by Gasteiger charge is -2.60. The normalized spacial score (nSPS) is 29.7. The van der Waals surface area contributed by atoms with Crippen LogP contribution in [-0.4, -0.2) is 34.4 Å². The monoisotopic (exact) mass is 554 g/mol. The maximum absolute atomic E-state index is 14.1. The first-order chi connectivity index (χ1) is 18.0. The molecule has 5 nitrogen and oxygen atoms in total. The number of carboxylic acid groups (broad SMARTS) is 1. The minimum atomic E-state index is -1.04. The molecule has 3 aliphatic carbocycles. The number of ketones is 1. The molecular weight excluding hydrogens is 528 g/mol. The van der Waals surface area contributed by atoms with Gasteiger partial charge in [-0.05, 0) is 53.3 Å². The molecule has 2 heterocycles. The summed E-state index contributed by atoms with van der Waals surface area (Å²) in [6.07, 6.45) is 3.79. The third kappa shape index (κ3) is 3.00. The first-order valence-electron chi connectivity index (χ1n) is 12.9. The number of nitrogens with one attached hydrogen (secondary N) is 2. The third-order valence-electron chi connectivity index (χ3n) is 9.43. The average Bonchev–Trinajstić information content (AvgIpc) is 3.53. The highest BCUT2D eigenvalue weighted by molar-refractivity contribution is 9.10.